The van der Waals surface area contributed by atoms with Crippen molar-refractivity contribution in [2.45, 2.75) is 62.1 Å². The second kappa shape index (κ2) is 9.48. The van der Waals surface area contributed by atoms with Crippen molar-refractivity contribution in [3.05, 3.63) is 54.1 Å². The first-order chi connectivity index (χ1) is 16.5. The Morgan fingerprint density at radius 2 is 1.88 bits per heavy atom. The highest BCUT2D eigenvalue weighted by molar-refractivity contribution is 5.78. The summed E-state index contributed by atoms with van der Waals surface area (Å²) in [7, 11) is 1.69. The van der Waals surface area contributed by atoms with Gasteiger partial charge in [-0.1, -0.05) is 49.4 Å². The molecule has 2 aliphatic carbocycles. The van der Waals surface area contributed by atoms with Gasteiger partial charge in [0.15, 0.2) is 0 Å². The second-order valence-corrected chi connectivity index (χ2v) is 10.5. The van der Waals surface area contributed by atoms with Gasteiger partial charge in [0, 0.05) is 20.1 Å². The van der Waals surface area contributed by atoms with E-state index in [-0.39, 0.29) is 17.1 Å². The van der Waals surface area contributed by atoms with Gasteiger partial charge in [-0.25, -0.2) is 4.79 Å². The lowest BCUT2D eigenvalue weighted by Crippen LogP contribution is -2.69. The number of ether oxygens (including phenoxy) is 2. The minimum Gasteiger partial charge on any atom is -0.382 e. The highest BCUT2D eigenvalue weighted by Gasteiger charge is 2.60. The Kier molecular flexibility index (Phi) is 6.58. The number of piperidine rings is 3. The van der Waals surface area contributed by atoms with Crippen LogP contribution >= 0.6 is 0 Å². The number of amides is 2. The number of nitrogens with zero attached hydrogens (tertiary/aromatic N) is 1. The van der Waals surface area contributed by atoms with Gasteiger partial charge in [0.2, 0.25) is 0 Å². The summed E-state index contributed by atoms with van der Waals surface area (Å²) < 4.78 is 11.8. The van der Waals surface area contributed by atoms with Crippen LogP contribution in [0.25, 0.3) is 5.57 Å². The third-order valence-electron chi connectivity index (χ3n) is 8.69. The van der Waals surface area contributed by atoms with Crippen molar-refractivity contribution in [2.24, 2.45) is 5.92 Å². The number of methoxy groups -OCH3 is 1. The molecule has 1 aromatic carbocycles. The molecule has 0 radical (unpaired) electrons. The molecule has 6 heteroatoms. The smallest absolute Gasteiger partial charge is 0.315 e. The Bertz CT molecular complexity index is 933. The molecule has 1 saturated carbocycles. The number of urea groups is 1. The molecule has 3 aliphatic heterocycles. The van der Waals surface area contributed by atoms with Crippen LogP contribution < -0.4 is 10.6 Å². The third kappa shape index (κ3) is 4.32. The molecule has 2 N–H and O–H groups in total. The van der Waals surface area contributed by atoms with Crippen LogP contribution in [0.3, 0.4) is 0 Å². The molecule has 184 valence electrons. The lowest BCUT2D eigenvalue weighted by Gasteiger charge is -2.53. The number of benzene rings is 1. The molecule has 0 aromatic heterocycles. The summed E-state index contributed by atoms with van der Waals surface area (Å²) in [4.78, 5) is 16.0. The number of nitrogens with one attached hydrogen (secondary N) is 2. The van der Waals surface area contributed by atoms with Gasteiger partial charge in [-0.3, -0.25) is 0 Å². The maximum atomic E-state index is 13.4. The topological polar surface area (TPSA) is 62.8 Å². The first-order valence-electron chi connectivity index (χ1n) is 12.9. The summed E-state index contributed by atoms with van der Waals surface area (Å²) in [6, 6.07) is 10.4. The van der Waals surface area contributed by atoms with Crippen LogP contribution in [0.2, 0.25) is 0 Å². The summed E-state index contributed by atoms with van der Waals surface area (Å²) in [6.45, 7) is 6.53. The predicted octanol–water partition coefficient (Wildman–Crippen LogP) is 4.14. The zero-order valence-electron chi connectivity index (χ0n) is 20.6. The van der Waals surface area contributed by atoms with Crippen molar-refractivity contribution in [3.63, 3.8) is 0 Å². The second-order valence-electron chi connectivity index (χ2n) is 10.5. The van der Waals surface area contributed by atoms with E-state index in [2.05, 4.69) is 65.0 Å². The summed E-state index contributed by atoms with van der Waals surface area (Å²) in [5, 5.41) is 6.87. The number of fused-ring (bicyclic) bond motifs is 3. The maximum absolute atomic E-state index is 13.4. The van der Waals surface area contributed by atoms with Gasteiger partial charge >= 0.3 is 6.03 Å². The minimum atomic E-state index is -0.560. The molecule has 34 heavy (non-hydrogen) atoms. The molecule has 2 amide bonds. The van der Waals surface area contributed by atoms with Gasteiger partial charge in [0.1, 0.15) is 5.60 Å². The lowest BCUT2D eigenvalue weighted by molar-refractivity contribution is -0.0579. The van der Waals surface area contributed by atoms with Gasteiger partial charge < -0.3 is 25.0 Å². The van der Waals surface area contributed by atoms with E-state index >= 15 is 0 Å². The zero-order chi connectivity index (χ0) is 23.7. The molecule has 4 fully saturated rings. The fourth-order valence-electron chi connectivity index (χ4n) is 6.43. The molecule has 5 aliphatic rings. The van der Waals surface area contributed by atoms with Crippen LogP contribution in [0.1, 0.15) is 51.0 Å². The number of carbonyl (C=O) groups is 1. The normalized spacial score (nSPS) is 33.3. The number of allylic oxidation sites excluding steroid dienone is 2. The van der Waals surface area contributed by atoms with Crippen molar-refractivity contribution < 1.29 is 14.3 Å². The number of hydrogen-bond donors (Lipinski definition) is 2. The highest BCUT2D eigenvalue weighted by atomic mass is 16.5. The van der Waals surface area contributed by atoms with Crippen LogP contribution in [0.15, 0.2) is 48.6 Å². The SMILES string of the molecule is CCC1(NC(=O)NC2(C3(OCCOC)C=CC(c4ccccc4)=CC3)CC2)CN2CCC1CC2. The van der Waals surface area contributed by atoms with Crippen molar-refractivity contribution in [3.8, 4) is 0 Å². The monoisotopic (exact) mass is 465 g/mol. The molecule has 2 atom stereocenters. The standard InChI is InChI=1S/C28H39N3O3/c1-3-26(21-31-17-11-24(26)12-18-31)29-25(32)30-27(15-16-27)28(34-20-19-33-2)13-9-23(10-14-28)22-7-5-4-6-8-22/h4-10,13,24H,3,11-12,14-21H2,1-2H3,(H2,29,30,32). The van der Waals surface area contributed by atoms with Crippen LogP contribution in [0.4, 0.5) is 4.79 Å². The Labute approximate surface area is 203 Å². The summed E-state index contributed by atoms with van der Waals surface area (Å²) in [5.41, 5.74) is 1.33. The number of rotatable bonds is 9. The molecule has 2 bridgehead atoms. The van der Waals surface area contributed by atoms with E-state index in [1.54, 1.807) is 7.11 Å². The maximum Gasteiger partial charge on any atom is 0.315 e. The van der Waals surface area contributed by atoms with Gasteiger partial charge in [-0.2, -0.15) is 0 Å². The van der Waals surface area contributed by atoms with E-state index in [4.69, 9.17) is 9.47 Å². The van der Waals surface area contributed by atoms with E-state index in [9.17, 15) is 4.79 Å². The summed E-state index contributed by atoms with van der Waals surface area (Å²) >= 11 is 0. The third-order valence-corrected chi connectivity index (χ3v) is 8.69. The van der Waals surface area contributed by atoms with E-state index in [1.165, 1.54) is 24.0 Å². The number of hydrogen-bond acceptors (Lipinski definition) is 4. The van der Waals surface area contributed by atoms with E-state index in [1.807, 2.05) is 6.07 Å². The molecule has 3 saturated heterocycles. The largest absolute Gasteiger partial charge is 0.382 e. The molecule has 1 aromatic rings. The van der Waals surface area contributed by atoms with Crippen LogP contribution in [0.5, 0.6) is 0 Å². The first kappa shape index (κ1) is 23.6. The van der Waals surface area contributed by atoms with Crippen molar-refractivity contribution in [2.75, 3.05) is 40.0 Å². The van der Waals surface area contributed by atoms with Crippen molar-refractivity contribution in [1.82, 2.24) is 15.5 Å². The Morgan fingerprint density at radius 3 is 2.44 bits per heavy atom. The van der Waals surface area contributed by atoms with E-state index < -0.39 is 5.60 Å². The molecule has 0 spiro atoms. The average Bonchev–Trinajstić information content (AvgIpc) is 3.66. The van der Waals surface area contributed by atoms with Crippen molar-refractivity contribution >= 4 is 11.6 Å². The fourth-order valence-corrected chi connectivity index (χ4v) is 6.43. The fraction of sp³-hybridized carbons (Fsp3) is 0.607. The molecular weight excluding hydrogens is 426 g/mol. The average molecular weight is 466 g/mol. The lowest BCUT2D eigenvalue weighted by atomic mass is 9.71. The van der Waals surface area contributed by atoms with Crippen LogP contribution in [-0.4, -0.2) is 67.6 Å². The molecular formula is C28H39N3O3. The Balaban J connectivity index is 1.32. The molecule has 2 unspecified atom stereocenters. The van der Waals surface area contributed by atoms with Gasteiger partial charge in [-0.05, 0) is 68.3 Å². The first-order valence-corrected chi connectivity index (χ1v) is 12.9. The van der Waals surface area contributed by atoms with Gasteiger partial charge in [0.25, 0.3) is 0 Å². The molecule has 6 nitrogen and oxygen atoms in total. The van der Waals surface area contributed by atoms with Crippen LogP contribution in [-0.2, 0) is 9.47 Å². The van der Waals surface area contributed by atoms with E-state index in [0.717, 1.165) is 45.3 Å². The van der Waals surface area contributed by atoms with Crippen LogP contribution in [0, 0.1) is 5.92 Å². The Hall–Kier alpha value is -2.15. The predicted molar refractivity (Wildman–Crippen MR) is 135 cm³/mol. The van der Waals surface area contributed by atoms with Gasteiger partial charge in [0.05, 0.1) is 24.3 Å². The van der Waals surface area contributed by atoms with Gasteiger partial charge in [-0.15, -0.1) is 0 Å². The number of carbonyl (C=O) groups excluding carboxylic acids is 1. The minimum absolute atomic E-state index is 0.0472. The molecule has 3 heterocycles. The summed E-state index contributed by atoms with van der Waals surface area (Å²) in [5.74, 6) is 0.571. The highest BCUT2D eigenvalue weighted by Crippen LogP contribution is 2.51. The Morgan fingerprint density at radius 1 is 1.12 bits per heavy atom. The van der Waals surface area contributed by atoms with E-state index in [0.29, 0.717) is 19.1 Å². The quantitative estimate of drug-likeness (QED) is 0.538. The molecule has 6 rings (SSSR count). The summed E-state index contributed by atoms with van der Waals surface area (Å²) in [6.07, 6.45) is 12.5. The van der Waals surface area contributed by atoms with Crippen molar-refractivity contribution in [1.29, 1.82) is 0 Å². The zero-order valence-corrected chi connectivity index (χ0v) is 20.6.